The van der Waals surface area contributed by atoms with Gasteiger partial charge in [0.2, 0.25) is 0 Å². The highest BCUT2D eigenvalue weighted by atomic mass is 19.1. The van der Waals surface area contributed by atoms with E-state index in [1.54, 1.807) is 12.1 Å². The molecular formula is C17H25FN2. The van der Waals surface area contributed by atoms with E-state index in [2.05, 4.69) is 4.90 Å². The average Bonchev–Trinajstić information content (AvgIpc) is 2.91. The van der Waals surface area contributed by atoms with Crippen molar-refractivity contribution in [1.82, 2.24) is 4.90 Å². The standard InChI is InChI=1S/C17H25FN2/c1-12-10-14(18)7-8-15(12)17(11-19)20-9-3-5-13-4-2-6-16(13)20/h7-8,10,13,16-17H,2-6,9,11,19H2,1H3. The second kappa shape index (κ2) is 5.82. The topological polar surface area (TPSA) is 29.3 Å². The number of hydrogen-bond acceptors (Lipinski definition) is 2. The molecule has 3 rings (SSSR count). The van der Waals surface area contributed by atoms with Gasteiger partial charge in [-0.05, 0) is 68.3 Å². The maximum absolute atomic E-state index is 13.3. The van der Waals surface area contributed by atoms with Gasteiger partial charge in [-0.25, -0.2) is 4.39 Å². The summed E-state index contributed by atoms with van der Waals surface area (Å²) in [7, 11) is 0. The van der Waals surface area contributed by atoms with E-state index in [4.69, 9.17) is 5.73 Å². The molecule has 0 bridgehead atoms. The molecule has 1 saturated heterocycles. The van der Waals surface area contributed by atoms with Crippen LogP contribution in [0.4, 0.5) is 4.39 Å². The van der Waals surface area contributed by atoms with Crippen molar-refractivity contribution in [3.05, 3.63) is 35.1 Å². The smallest absolute Gasteiger partial charge is 0.123 e. The second-order valence-corrected chi connectivity index (χ2v) is 6.39. The van der Waals surface area contributed by atoms with Crippen LogP contribution in [0.25, 0.3) is 0 Å². The van der Waals surface area contributed by atoms with E-state index in [1.165, 1.54) is 37.7 Å². The normalized spacial score (nSPS) is 28.4. The van der Waals surface area contributed by atoms with E-state index in [0.29, 0.717) is 12.6 Å². The first-order valence-corrected chi connectivity index (χ1v) is 7.92. The molecule has 0 spiro atoms. The quantitative estimate of drug-likeness (QED) is 0.917. The summed E-state index contributed by atoms with van der Waals surface area (Å²) in [6.07, 6.45) is 6.69. The summed E-state index contributed by atoms with van der Waals surface area (Å²) in [6.45, 7) is 3.76. The Morgan fingerprint density at radius 3 is 2.85 bits per heavy atom. The average molecular weight is 276 g/mol. The van der Waals surface area contributed by atoms with Crippen LogP contribution >= 0.6 is 0 Å². The van der Waals surface area contributed by atoms with Crippen LogP contribution in [0.15, 0.2) is 18.2 Å². The minimum Gasteiger partial charge on any atom is -0.329 e. The predicted molar refractivity (Wildman–Crippen MR) is 80.0 cm³/mol. The molecule has 0 radical (unpaired) electrons. The molecule has 2 aliphatic rings. The van der Waals surface area contributed by atoms with E-state index in [1.807, 2.05) is 13.0 Å². The fourth-order valence-electron chi connectivity index (χ4n) is 4.33. The van der Waals surface area contributed by atoms with Crippen LogP contribution in [-0.4, -0.2) is 24.0 Å². The number of hydrogen-bond donors (Lipinski definition) is 1. The lowest BCUT2D eigenvalue weighted by Gasteiger charge is -2.43. The van der Waals surface area contributed by atoms with Gasteiger partial charge in [0.05, 0.1) is 0 Å². The highest BCUT2D eigenvalue weighted by molar-refractivity contribution is 5.30. The van der Waals surface area contributed by atoms with Gasteiger partial charge in [-0.15, -0.1) is 0 Å². The van der Waals surface area contributed by atoms with Crippen molar-refractivity contribution in [2.24, 2.45) is 11.7 Å². The molecule has 2 nitrogen and oxygen atoms in total. The van der Waals surface area contributed by atoms with Crippen molar-refractivity contribution < 1.29 is 4.39 Å². The van der Waals surface area contributed by atoms with E-state index in [9.17, 15) is 4.39 Å². The summed E-state index contributed by atoms with van der Waals surface area (Å²) in [5, 5.41) is 0. The number of nitrogens with two attached hydrogens (primary N) is 1. The van der Waals surface area contributed by atoms with Gasteiger partial charge in [0.15, 0.2) is 0 Å². The zero-order valence-corrected chi connectivity index (χ0v) is 12.3. The van der Waals surface area contributed by atoms with Crippen molar-refractivity contribution in [3.63, 3.8) is 0 Å². The van der Waals surface area contributed by atoms with Gasteiger partial charge >= 0.3 is 0 Å². The first-order valence-electron chi connectivity index (χ1n) is 7.92. The number of nitrogens with zero attached hydrogens (tertiary/aromatic N) is 1. The van der Waals surface area contributed by atoms with Gasteiger partial charge in [-0.2, -0.15) is 0 Å². The molecule has 0 amide bonds. The zero-order valence-electron chi connectivity index (χ0n) is 12.3. The van der Waals surface area contributed by atoms with E-state index >= 15 is 0 Å². The monoisotopic (exact) mass is 276 g/mol. The molecule has 1 aromatic carbocycles. The van der Waals surface area contributed by atoms with Crippen molar-refractivity contribution >= 4 is 0 Å². The molecule has 3 unspecified atom stereocenters. The van der Waals surface area contributed by atoms with Gasteiger partial charge in [-0.1, -0.05) is 12.5 Å². The molecule has 0 aromatic heterocycles. The van der Waals surface area contributed by atoms with Crippen LogP contribution in [0, 0.1) is 18.7 Å². The fourth-order valence-corrected chi connectivity index (χ4v) is 4.33. The third-order valence-corrected chi connectivity index (χ3v) is 5.25. The van der Waals surface area contributed by atoms with Crippen LogP contribution in [0.5, 0.6) is 0 Å². The lowest BCUT2D eigenvalue weighted by molar-refractivity contribution is 0.0698. The second-order valence-electron chi connectivity index (χ2n) is 6.39. The molecular weight excluding hydrogens is 251 g/mol. The SMILES string of the molecule is Cc1cc(F)ccc1C(CN)N1CCCC2CCCC21. The van der Waals surface area contributed by atoms with Crippen LogP contribution in [-0.2, 0) is 0 Å². The van der Waals surface area contributed by atoms with Gasteiger partial charge in [0.1, 0.15) is 5.82 Å². The predicted octanol–water partition coefficient (Wildman–Crippen LogP) is 3.40. The van der Waals surface area contributed by atoms with E-state index in [0.717, 1.165) is 18.0 Å². The summed E-state index contributed by atoms with van der Waals surface area (Å²) in [6, 6.07) is 6.08. The molecule has 1 aliphatic carbocycles. The maximum atomic E-state index is 13.3. The minimum atomic E-state index is -0.153. The Labute approximate surface area is 121 Å². The van der Waals surface area contributed by atoms with Gasteiger partial charge < -0.3 is 5.73 Å². The third kappa shape index (κ3) is 2.49. The minimum absolute atomic E-state index is 0.153. The fraction of sp³-hybridized carbons (Fsp3) is 0.647. The van der Waals surface area contributed by atoms with Gasteiger partial charge in [-0.3, -0.25) is 4.90 Å². The van der Waals surface area contributed by atoms with Crippen molar-refractivity contribution in [3.8, 4) is 0 Å². The Bertz CT molecular complexity index is 474. The largest absolute Gasteiger partial charge is 0.329 e. The van der Waals surface area contributed by atoms with E-state index < -0.39 is 0 Å². The molecule has 3 atom stereocenters. The van der Waals surface area contributed by atoms with Crippen LogP contribution in [0.2, 0.25) is 0 Å². The summed E-state index contributed by atoms with van der Waals surface area (Å²) in [5.74, 6) is 0.706. The van der Waals surface area contributed by atoms with Crippen molar-refractivity contribution in [1.29, 1.82) is 0 Å². The van der Waals surface area contributed by atoms with Crippen LogP contribution < -0.4 is 5.73 Å². The van der Waals surface area contributed by atoms with Crippen LogP contribution in [0.1, 0.15) is 49.3 Å². The number of benzene rings is 1. The number of aryl methyl sites for hydroxylation is 1. The van der Waals surface area contributed by atoms with Crippen molar-refractivity contribution in [2.45, 2.75) is 51.1 Å². The third-order valence-electron chi connectivity index (χ3n) is 5.25. The highest BCUT2D eigenvalue weighted by Gasteiger charge is 2.38. The zero-order chi connectivity index (χ0) is 14.1. The number of fused-ring (bicyclic) bond motifs is 1. The Morgan fingerprint density at radius 2 is 2.10 bits per heavy atom. The number of halogens is 1. The molecule has 1 saturated carbocycles. The number of piperidine rings is 1. The maximum Gasteiger partial charge on any atom is 0.123 e. The highest BCUT2D eigenvalue weighted by Crippen LogP contribution is 2.40. The molecule has 110 valence electrons. The Balaban J connectivity index is 1.88. The lowest BCUT2D eigenvalue weighted by Crippen LogP contribution is -2.46. The molecule has 1 heterocycles. The van der Waals surface area contributed by atoms with Gasteiger partial charge in [0, 0.05) is 18.6 Å². The number of rotatable bonds is 3. The Morgan fingerprint density at radius 1 is 1.30 bits per heavy atom. The molecule has 20 heavy (non-hydrogen) atoms. The first kappa shape index (κ1) is 14.0. The Hall–Kier alpha value is -0.930. The first-order chi connectivity index (χ1) is 9.70. The molecule has 2 fully saturated rings. The summed E-state index contributed by atoms with van der Waals surface area (Å²) < 4.78 is 13.3. The Kier molecular flexibility index (Phi) is 4.08. The van der Waals surface area contributed by atoms with E-state index in [-0.39, 0.29) is 11.9 Å². The number of likely N-dealkylation sites (tertiary alicyclic amines) is 1. The van der Waals surface area contributed by atoms with Crippen molar-refractivity contribution in [2.75, 3.05) is 13.1 Å². The molecule has 3 heteroatoms. The molecule has 1 aromatic rings. The van der Waals surface area contributed by atoms with Gasteiger partial charge in [0.25, 0.3) is 0 Å². The molecule has 2 N–H and O–H groups in total. The van der Waals surface area contributed by atoms with Crippen LogP contribution in [0.3, 0.4) is 0 Å². The summed E-state index contributed by atoms with van der Waals surface area (Å²) in [4.78, 5) is 2.61. The summed E-state index contributed by atoms with van der Waals surface area (Å²) >= 11 is 0. The molecule has 1 aliphatic heterocycles. The summed E-state index contributed by atoms with van der Waals surface area (Å²) in [5.41, 5.74) is 8.33. The lowest BCUT2D eigenvalue weighted by atomic mass is 9.88.